The van der Waals surface area contributed by atoms with Crippen LogP contribution in [0.15, 0.2) is 28.7 Å². The Balaban J connectivity index is 2.04. The molecule has 0 aliphatic rings. The number of nitrogens with one attached hydrogen (secondary N) is 1. The molecule has 1 atom stereocenters. The summed E-state index contributed by atoms with van der Waals surface area (Å²) in [6.07, 6.45) is 0. The van der Waals surface area contributed by atoms with Gasteiger partial charge in [-0.05, 0) is 44.3 Å². The fraction of sp³-hybridized carbons (Fsp3) is 0.438. The van der Waals surface area contributed by atoms with E-state index < -0.39 is 0 Å². The molecule has 0 aliphatic heterocycles. The Labute approximate surface area is 125 Å². The van der Waals surface area contributed by atoms with Gasteiger partial charge in [0, 0.05) is 23.7 Å². The molecule has 0 spiro atoms. The molecule has 114 valence electrons. The van der Waals surface area contributed by atoms with Gasteiger partial charge in [-0.3, -0.25) is 4.79 Å². The number of amides is 1. The average Bonchev–Trinajstić information content (AvgIpc) is 2.87. The van der Waals surface area contributed by atoms with Crippen LogP contribution in [0.4, 0.5) is 5.69 Å². The zero-order chi connectivity index (χ0) is 15.4. The second-order valence-corrected chi connectivity index (χ2v) is 5.27. The molecule has 5 nitrogen and oxygen atoms in total. The number of benzene rings is 1. The van der Waals surface area contributed by atoms with Gasteiger partial charge in [0.1, 0.15) is 5.58 Å². The molecule has 1 unspecified atom stereocenters. The molecule has 1 aromatic carbocycles. The van der Waals surface area contributed by atoms with Crippen molar-refractivity contribution < 1.29 is 9.21 Å². The van der Waals surface area contributed by atoms with E-state index in [9.17, 15) is 4.79 Å². The molecular formula is C16H23N3O2. The molecule has 3 N–H and O–H groups in total. The molecule has 1 aromatic heterocycles. The van der Waals surface area contributed by atoms with Crippen molar-refractivity contribution in [2.45, 2.75) is 26.8 Å². The van der Waals surface area contributed by atoms with E-state index in [2.05, 4.69) is 24.1 Å². The molecular weight excluding hydrogens is 266 g/mol. The number of hydrogen-bond donors (Lipinski definition) is 2. The lowest BCUT2D eigenvalue weighted by molar-refractivity contribution is 0.0904. The first-order valence-corrected chi connectivity index (χ1v) is 7.35. The summed E-state index contributed by atoms with van der Waals surface area (Å²) in [5.74, 6) is 0.131. The summed E-state index contributed by atoms with van der Waals surface area (Å²) in [5.41, 5.74) is 7.06. The quantitative estimate of drug-likeness (QED) is 0.801. The van der Waals surface area contributed by atoms with E-state index in [1.54, 1.807) is 24.3 Å². The standard InChI is InChI=1S/C16H23N3O2/c1-4-19(5-2)10-11(3)18-16(20)15-9-12-8-13(17)6-7-14(12)21-15/h6-9,11H,4-5,10,17H2,1-3H3,(H,18,20). The molecule has 0 bridgehead atoms. The zero-order valence-electron chi connectivity index (χ0n) is 12.8. The summed E-state index contributed by atoms with van der Waals surface area (Å²) >= 11 is 0. The lowest BCUT2D eigenvalue weighted by Crippen LogP contribution is -2.41. The van der Waals surface area contributed by atoms with Gasteiger partial charge in [-0.15, -0.1) is 0 Å². The van der Waals surface area contributed by atoms with E-state index in [1.807, 2.05) is 6.92 Å². The second-order valence-electron chi connectivity index (χ2n) is 5.27. The number of anilines is 1. The van der Waals surface area contributed by atoms with E-state index in [4.69, 9.17) is 10.2 Å². The highest BCUT2D eigenvalue weighted by molar-refractivity contribution is 5.96. The number of carbonyl (C=O) groups is 1. The van der Waals surface area contributed by atoms with Crippen LogP contribution in [-0.2, 0) is 0 Å². The van der Waals surface area contributed by atoms with Crippen molar-refractivity contribution in [3.63, 3.8) is 0 Å². The van der Waals surface area contributed by atoms with Crippen LogP contribution < -0.4 is 11.1 Å². The van der Waals surface area contributed by atoms with Crippen molar-refractivity contribution in [1.29, 1.82) is 0 Å². The summed E-state index contributed by atoms with van der Waals surface area (Å²) in [4.78, 5) is 14.5. The summed E-state index contributed by atoms with van der Waals surface area (Å²) in [6.45, 7) is 8.99. The van der Waals surface area contributed by atoms with E-state index in [0.29, 0.717) is 17.0 Å². The minimum Gasteiger partial charge on any atom is -0.451 e. The first-order chi connectivity index (χ1) is 10.0. The van der Waals surface area contributed by atoms with Gasteiger partial charge in [0.25, 0.3) is 5.91 Å². The smallest absolute Gasteiger partial charge is 0.287 e. The second kappa shape index (κ2) is 6.63. The SMILES string of the molecule is CCN(CC)CC(C)NC(=O)c1cc2cc(N)ccc2o1. The maximum Gasteiger partial charge on any atom is 0.287 e. The van der Waals surface area contributed by atoms with Gasteiger partial charge in [0.15, 0.2) is 5.76 Å². The summed E-state index contributed by atoms with van der Waals surface area (Å²) in [6, 6.07) is 7.13. The minimum atomic E-state index is -0.190. The predicted molar refractivity (Wildman–Crippen MR) is 85.3 cm³/mol. The van der Waals surface area contributed by atoms with Crippen LogP contribution in [0, 0.1) is 0 Å². The van der Waals surface area contributed by atoms with Gasteiger partial charge >= 0.3 is 0 Å². The number of likely N-dealkylation sites (N-methyl/N-ethyl adjacent to an activating group) is 1. The summed E-state index contributed by atoms with van der Waals surface area (Å²) < 4.78 is 5.56. The lowest BCUT2D eigenvalue weighted by Gasteiger charge is -2.23. The van der Waals surface area contributed by atoms with Gasteiger partial charge in [-0.25, -0.2) is 0 Å². The molecule has 1 heterocycles. The van der Waals surface area contributed by atoms with E-state index >= 15 is 0 Å². The highest BCUT2D eigenvalue weighted by Crippen LogP contribution is 2.21. The summed E-state index contributed by atoms with van der Waals surface area (Å²) in [5, 5.41) is 3.81. The van der Waals surface area contributed by atoms with Crippen molar-refractivity contribution in [2.24, 2.45) is 0 Å². The molecule has 0 radical (unpaired) electrons. The third kappa shape index (κ3) is 3.76. The summed E-state index contributed by atoms with van der Waals surface area (Å²) in [7, 11) is 0. The monoisotopic (exact) mass is 289 g/mol. The molecule has 5 heteroatoms. The molecule has 2 rings (SSSR count). The number of fused-ring (bicyclic) bond motifs is 1. The van der Waals surface area contributed by atoms with E-state index in [-0.39, 0.29) is 11.9 Å². The van der Waals surface area contributed by atoms with Crippen LogP contribution in [0.3, 0.4) is 0 Å². The Morgan fingerprint density at radius 3 is 2.71 bits per heavy atom. The van der Waals surface area contributed by atoms with Crippen molar-refractivity contribution in [3.8, 4) is 0 Å². The molecule has 0 aliphatic carbocycles. The molecule has 0 fully saturated rings. The Kier molecular flexibility index (Phi) is 4.85. The van der Waals surface area contributed by atoms with Crippen LogP contribution in [0.5, 0.6) is 0 Å². The van der Waals surface area contributed by atoms with Crippen LogP contribution in [0.2, 0.25) is 0 Å². The van der Waals surface area contributed by atoms with Crippen LogP contribution in [-0.4, -0.2) is 36.5 Å². The Morgan fingerprint density at radius 1 is 1.33 bits per heavy atom. The molecule has 1 amide bonds. The number of nitrogens with zero attached hydrogens (tertiary/aromatic N) is 1. The predicted octanol–water partition coefficient (Wildman–Crippen LogP) is 2.48. The third-order valence-electron chi connectivity index (χ3n) is 3.57. The Hall–Kier alpha value is -2.01. The third-order valence-corrected chi connectivity index (χ3v) is 3.57. The Bertz CT molecular complexity index is 617. The van der Waals surface area contributed by atoms with Crippen molar-refractivity contribution in [3.05, 3.63) is 30.0 Å². The maximum absolute atomic E-state index is 12.2. The number of hydrogen-bond acceptors (Lipinski definition) is 4. The topological polar surface area (TPSA) is 71.5 Å². The fourth-order valence-electron chi connectivity index (χ4n) is 2.38. The normalized spacial score (nSPS) is 12.8. The fourth-order valence-corrected chi connectivity index (χ4v) is 2.38. The first kappa shape index (κ1) is 15.4. The average molecular weight is 289 g/mol. The van der Waals surface area contributed by atoms with Gasteiger partial charge in [-0.1, -0.05) is 13.8 Å². The molecule has 21 heavy (non-hydrogen) atoms. The van der Waals surface area contributed by atoms with Gasteiger partial charge in [0.2, 0.25) is 0 Å². The van der Waals surface area contributed by atoms with Gasteiger partial charge < -0.3 is 20.4 Å². The van der Waals surface area contributed by atoms with Crippen molar-refractivity contribution in [1.82, 2.24) is 10.2 Å². The molecule has 2 aromatic rings. The highest BCUT2D eigenvalue weighted by Gasteiger charge is 2.16. The molecule has 0 saturated carbocycles. The van der Waals surface area contributed by atoms with Crippen LogP contribution in [0.1, 0.15) is 31.3 Å². The van der Waals surface area contributed by atoms with Crippen LogP contribution in [0.25, 0.3) is 11.0 Å². The lowest BCUT2D eigenvalue weighted by atomic mass is 10.2. The Morgan fingerprint density at radius 2 is 2.05 bits per heavy atom. The van der Waals surface area contributed by atoms with Crippen molar-refractivity contribution in [2.75, 3.05) is 25.4 Å². The minimum absolute atomic E-state index is 0.0654. The number of furan rings is 1. The van der Waals surface area contributed by atoms with Crippen molar-refractivity contribution >= 4 is 22.6 Å². The number of carbonyl (C=O) groups excluding carboxylic acids is 1. The zero-order valence-corrected chi connectivity index (χ0v) is 12.8. The largest absolute Gasteiger partial charge is 0.451 e. The maximum atomic E-state index is 12.2. The number of rotatable bonds is 6. The number of nitrogen functional groups attached to an aromatic ring is 1. The van der Waals surface area contributed by atoms with E-state index in [0.717, 1.165) is 25.0 Å². The molecule has 0 saturated heterocycles. The van der Waals surface area contributed by atoms with E-state index in [1.165, 1.54) is 0 Å². The van der Waals surface area contributed by atoms with Gasteiger partial charge in [0.05, 0.1) is 0 Å². The highest BCUT2D eigenvalue weighted by atomic mass is 16.3. The first-order valence-electron chi connectivity index (χ1n) is 7.35. The van der Waals surface area contributed by atoms with Gasteiger partial charge in [-0.2, -0.15) is 0 Å². The number of nitrogens with two attached hydrogens (primary N) is 1. The van der Waals surface area contributed by atoms with Crippen LogP contribution >= 0.6 is 0 Å².